The molecule has 1 heterocycles. The first-order valence-corrected chi connectivity index (χ1v) is 8.54. The second kappa shape index (κ2) is 8.68. The largest absolute Gasteiger partial charge is 0.381 e. The third-order valence-corrected chi connectivity index (χ3v) is 5.70. The fourth-order valence-corrected chi connectivity index (χ4v) is 4.11. The van der Waals surface area contributed by atoms with Gasteiger partial charge in [0.1, 0.15) is 0 Å². The van der Waals surface area contributed by atoms with Gasteiger partial charge >= 0.3 is 0 Å². The molecule has 0 radical (unpaired) electrons. The molecule has 0 N–H and O–H groups in total. The molecule has 0 unspecified atom stereocenters. The summed E-state index contributed by atoms with van der Waals surface area (Å²) in [5.41, 5.74) is 0.440. The summed E-state index contributed by atoms with van der Waals surface area (Å²) in [5.74, 6) is 3.51. The zero-order valence-electron chi connectivity index (χ0n) is 11.3. The van der Waals surface area contributed by atoms with Crippen LogP contribution < -0.4 is 0 Å². The predicted molar refractivity (Wildman–Crippen MR) is 81.5 cm³/mol. The highest BCUT2D eigenvalue weighted by atomic mass is 32.2. The summed E-state index contributed by atoms with van der Waals surface area (Å²) < 4.78 is 5.45. The molecule has 102 valence electrons. The molecule has 1 saturated heterocycles. The molecule has 0 amide bonds. The number of rotatable bonds is 8. The van der Waals surface area contributed by atoms with E-state index in [1.807, 2.05) is 0 Å². The average Bonchev–Trinajstić information content (AvgIpc) is 2.40. The van der Waals surface area contributed by atoms with Gasteiger partial charge in [0.15, 0.2) is 0 Å². The van der Waals surface area contributed by atoms with E-state index in [0.717, 1.165) is 19.0 Å². The van der Waals surface area contributed by atoms with Gasteiger partial charge in [-0.25, -0.2) is 0 Å². The third-order valence-electron chi connectivity index (χ3n) is 3.74. The molecule has 1 aliphatic heterocycles. The van der Waals surface area contributed by atoms with Crippen LogP contribution in [0.2, 0.25) is 0 Å². The Morgan fingerprint density at radius 1 is 1.24 bits per heavy atom. The number of nitrogens with zero attached hydrogens (tertiary/aromatic N) is 1. The monoisotopic (exact) mass is 277 g/mol. The number of ether oxygens (including phenoxy) is 1. The van der Waals surface area contributed by atoms with E-state index < -0.39 is 0 Å². The van der Waals surface area contributed by atoms with Crippen molar-refractivity contribution in [2.45, 2.75) is 26.7 Å². The van der Waals surface area contributed by atoms with E-state index in [2.05, 4.69) is 43.1 Å². The maximum absolute atomic E-state index is 5.45. The highest BCUT2D eigenvalue weighted by Crippen LogP contribution is 2.35. The normalized spacial score (nSPS) is 19.8. The van der Waals surface area contributed by atoms with E-state index in [-0.39, 0.29) is 0 Å². The molecule has 17 heavy (non-hydrogen) atoms. The van der Waals surface area contributed by atoms with Crippen molar-refractivity contribution in [2.24, 2.45) is 5.41 Å². The van der Waals surface area contributed by atoms with Crippen LogP contribution in [0.5, 0.6) is 0 Å². The molecule has 1 aliphatic rings. The van der Waals surface area contributed by atoms with E-state index in [1.54, 1.807) is 0 Å². The number of thiol groups is 1. The summed E-state index contributed by atoms with van der Waals surface area (Å²) in [6.45, 7) is 9.89. The fraction of sp³-hybridized carbons (Fsp3) is 1.00. The first-order valence-electron chi connectivity index (χ1n) is 6.75. The maximum atomic E-state index is 5.45. The molecule has 0 aromatic rings. The van der Waals surface area contributed by atoms with Crippen LogP contribution in [-0.4, -0.2) is 55.0 Å². The maximum Gasteiger partial charge on any atom is 0.0471 e. The van der Waals surface area contributed by atoms with Gasteiger partial charge in [-0.05, 0) is 42.9 Å². The van der Waals surface area contributed by atoms with Crippen molar-refractivity contribution in [3.63, 3.8) is 0 Å². The Morgan fingerprint density at radius 3 is 2.41 bits per heavy atom. The third kappa shape index (κ3) is 5.41. The molecule has 1 rings (SSSR count). The van der Waals surface area contributed by atoms with Crippen molar-refractivity contribution in [1.29, 1.82) is 0 Å². The Hall–Kier alpha value is 0.620. The quantitative estimate of drug-likeness (QED) is 0.541. The molecule has 0 aromatic carbocycles. The van der Waals surface area contributed by atoms with Gasteiger partial charge in [-0.2, -0.15) is 24.4 Å². The van der Waals surface area contributed by atoms with Crippen LogP contribution in [0.4, 0.5) is 0 Å². The molecular formula is C13H27NOS2. The van der Waals surface area contributed by atoms with E-state index in [0.29, 0.717) is 5.41 Å². The van der Waals surface area contributed by atoms with Crippen molar-refractivity contribution >= 4 is 24.4 Å². The predicted octanol–water partition coefficient (Wildman–Crippen LogP) is 2.79. The van der Waals surface area contributed by atoms with Crippen molar-refractivity contribution in [3.05, 3.63) is 0 Å². The smallest absolute Gasteiger partial charge is 0.0471 e. The Morgan fingerprint density at radius 2 is 1.88 bits per heavy atom. The highest BCUT2D eigenvalue weighted by Gasteiger charge is 2.30. The molecule has 0 atom stereocenters. The summed E-state index contributed by atoms with van der Waals surface area (Å²) in [7, 11) is 0. The lowest BCUT2D eigenvalue weighted by molar-refractivity contribution is 0.0371. The van der Waals surface area contributed by atoms with Crippen LogP contribution in [0.3, 0.4) is 0 Å². The Kier molecular flexibility index (Phi) is 8.00. The molecule has 0 aromatic heterocycles. The summed E-state index contributed by atoms with van der Waals surface area (Å²) in [6.07, 6.45) is 2.38. The van der Waals surface area contributed by atoms with E-state index in [1.165, 1.54) is 44.0 Å². The lowest BCUT2D eigenvalue weighted by Gasteiger charge is -2.35. The van der Waals surface area contributed by atoms with Crippen LogP contribution in [0.1, 0.15) is 26.7 Å². The summed E-state index contributed by atoms with van der Waals surface area (Å²) in [5, 5.41) is 0. The SMILES string of the molecule is CCN(CC)CCSCC1(CS)CCOCC1. The molecule has 0 bridgehead atoms. The van der Waals surface area contributed by atoms with Crippen LogP contribution in [0, 0.1) is 5.41 Å². The molecule has 0 spiro atoms. The van der Waals surface area contributed by atoms with Gasteiger partial charge < -0.3 is 9.64 Å². The Bertz CT molecular complexity index is 192. The summed E-state index contributed by atoms with van der Waals surface area (Å²) >= 11 is 6.65. The topological polar surface area (TPSA) is 12.5 Å². The first kappa shape index (κ1) is 15.7. The van der Waals surface area contributed by atoms with Crippen LogP contribution >= 0.6 is 24.4 Å². The van der Waals surface area contributed by atoms with Gasteiger partial charge in [0, 0.05) is 25.5 Å². The molecule has 4 heteroatoms. The minimum absolute atomic E-state index is 0.440. The second-order valence-corrected chi connectivity index (χ2v) is 6.27. The van der Waals surface area contributed by atoms with E-state index in [4.69, 9.17) is 4.74 Å². The van der Waals surface area contributed by atoms with Crippen molar-refractivity contribution in [1.82, 2.24) is 4.90 Å². The summed E-state index contributed by atoms with van der Waals surface area (Å²) in [4.78, 5) is 2.49. The van der Waals surface area contributed by atoms with E-state index >= 15 is 0 Å². The number of hydrogen-bond acceptors (Lipinski definition) is 4. The van der Waals surface area contributed by atoms with Gasteiger partial charge in [0.2, 0.25) is 0 Å². The zero-order chi connectivity index (χ0) is 12.6. The van der Waals surface area contributed by atoms with Crippen molar-refractivity contribution in [2.75, 3.05) is 50.1 Å². The summed E-state index contributed by atoms with van der Waals surface area (Å²) in [6, 6.07) is 0. The van der Waals surface area contributed by atoms with Crippen LogP contribution in [-0.2, 0) is 4.74 Å². The standard InChI is InChI=1S/C13H27NOS2/c1-3-14(4-2)7-10-17-12-13(11-16)5-8-15-9-6-13/h16H,3-12H2,1-2H3. The molecule has 0 saturated carbocycles. The van der Waals surface area contributed by atoms with Crippen molar-refractivity contribution < 1.29 is 4.74 Å². The minimum Gasteiger partial charge on any atom is -0.381 e. The lowest BCUT2D eigenvalue weighted by atomic mass is 9.84. The highest BCUT2D eigenvalue weighted by molar-refractivity contribution is 7.99. The Labute approximate surface area is 116 Å². The molecule has 2 nitrogen and oxygen atoms in total. The van der Waals surface area contributed by atoms with Crippen LogP contribution in [0.15, 0.2) is 0 Å². The number of hydrogen-bond donors (Lipinski definition) is 1. The van der Waals surface area contributed by atoms with Gasteiger partial charge in [-0.1, -0.05) is 13.8 Å². The lowest BCUT2D eigenvalue weighted by Crippen LogP contribution is -2.34. The van der Waals surface area contributed by atoms with E-state index in [9.17, 15) is 0 Å². The molecular weight excluding hydrogens is 250 g/mol. The van der Waals surface area contributed by atoms with Crippen molar-refractivity contribution in [3.8, 4) is 0 Å². The van der Waals surface area contributed by atoms with Gasteiger partial charge in [0.25, 0.3) is 0 Å². The second-order valence-electron chi connectivity index (χ2n) is 4.85. The van der Waals surface area contributed by atoms with Gasteiger partial charge in [-0.15, -0.1) is 0 Å². The van der Waals surface area contributed by atoms with Gasteiger partial charge in [0.05, 0.1) is 0 Å². The molecule has 1 fully saturated rings. The zero-order valence-corrected chi connectivity index (χ0v) is 13.0. The minimum atomic E-state index is 0.440. The molecule has 0 aliphatic carbocycles. The van der Waals surface area contributed by atoms with Gasteiger partial charge in [-0.3, -0.25) is 0 Å². The first-order chi connectivity index (χ1) is 8.26. The number of thioether (sulfide) groups is 1. The average molecular weight is 277 g/mol. The Balaban J connectivity index is 2.19. The van der Waals surface area contributed by atoms with Crippen LogP contribution in [0.25, 0.3) is 0 Å². The fourth-order valence-electron chi connectivity index (χ4n) is 2.17.